The molecule has 0 aromatic heterocycles. The van der Waals surface area contributed by atoms with E-state index in [-0.39, 0.29) is 11.3 Å². The molecule has 0 amide bonds. The lowest BCUT2D eigenvalue weighted by Crippen LogP contribution is -1.89. The molecule has 0 aliphatic heterocycles. The highest BCUT2D eigenvalue weighted by Crippen LogP contribution is 2.25. The highest BCUT2D eigenvalue weighted by Gasteiger charge is 2.05. The van der Waals surface area contributed by atoms with E-state index in [0.29, 0.717) is 5.75 Å². The molecule has 17 heavy (non-hydrogen) atoms. The Balaban J connectivity index is 2.28. The molecule has 2 nitrogen and oxygen atoms in total. The zero-order chi connectivity index (χ0) is 12.3. The van der Waals surface area contributed by atoms with Gasteiger partial charge >= 0.3 is 0 Å². The van der Waals surface area contributed by atoms with Gasteiger partial charge in [0.15, 0.2) is 11.6 Å². The van der Waals surface area contributed by atoms with Gasteiger partial charge in [-0.2, -0.15) is 5.26 Å². The van der Waals surface area contributed by atoms with Crippen molar-refractivity contribution in [2.45, 2.75) is 6.92 Å². The smallest absolute Gasteiger partial charge is 0.167 e. The maximum atomic E-state index is 13.5. The molecule has 0 bridgehead atoms. The van der Waals surface area contributed by atoms with Crippen LogP contribution < -0.4 is 4.74 Å². The van der Waals surface area contributed by atoms with Crippen LogP contribution >= 0.6 is 0 Å². The molecule has 0 saturated heterocycles. The molecule has 0 unspecified atom stereocenters. The summed E-state index contributed by atoms with van der Waals surface area (Å²) in [6, 6.07) is 13.4. The average molecular weight is 227 g/mol. The van der Waals surface area contributed by atoms with Crippen molar-refractivity contribution in [2.75, 3.05) is 0 Å². The second kappa shape index (κ2) is 4.67. The van der Waals surface area contributed by atoms with E-state index in [0.717, 1.165) is 11.6 Å². The summed E-state index contributed by atoms with van der Waals surface area (Å²) in [6.45, 7) is 1.93. The first-order chi connectivity index (χ1) is 8.19. The molecule has 0 aliphatic carbocycles. The molecule has 0 radical (unpaired) electrons. The van der Waals surface area contributed by atoms with Crippen LogP contribution in [0.25, 0.3) is 0 Å². The molecule has 3 heteroatoms. The van der Waals surface area contributed by atoms with Crippen LogP contribution in [0.4, 0.5) is 4.39 Å². The molecule has 2 rings (SSSR count). The van der Waals surface area contributed by atoms with Crippen molar-refractivity contribution in [3.05, 3.63) is 59.4 Å². The summed E-state index contributed by atoms with van der Waals surface area (Å²) in [6.07, 6.45) is 0. The number of hydrogen-bond acceptors (Lipinski definition) is 2. The molecule has 0 fully saturated rings. The topological polar surface area (TPSA) is 33.0 Å². The fraction of sp³-hybridized carbons (Fsp3) is 0.0714. The first-order valence-corrected chi connectivity index (χ1v) is 5.13. The van der Waals surface area contributed by atoms with E-state index in [1.807, 2.05) is 31.2 Å². The molecule has 84 valence electrons. The Morgan fingerprint density at radius 2 is 2.00 bits per heavy atom. The Hall–Kier alpha value is -2.34. The first kappa shape index (κ1) is 11.2. The highest BCUT2D eigenvalue weighted by molar-refractivity contribution is 5.39. The molecule has 0 aliphatic rings. The summed E-state index contributed by atoms with van der Waals surface area (Å²) in [7, 11) is 0. The SMILES string of the molecule is Cc1cccc(Oc2ccc(C#N)cc2F)c1. The normalized spacial score (nSPS) is 9.71. The zero-order valence-electron chi connectivity index (χ0n) is 9.27. The summed E-state index contributed by atoms with van der Waals surface area (Å²) in [5, 5.41) is 8.62. The molecule has 2 aromatic carbocycles. The molecule has 0 saturated carbocycles. The number of benzene rings is 2. The Bertz CT molecular complexity index is 587. The van der Waals surface area contributed by atoms with Crippen LogP contribution in [0, 0.1) is 24.1 Å². The van der Waals surface area contributed by atoms with Gasteiger partial charge in [0, 0.05) is 0 Å². The Morgan fingerprint density at radius 1 is 1.18 bits per heavy atom. The Morgan fingerprint density at radius 3 is 2.65 bits per heavy atom. The lowest BCUT2D eigenvalue weighted by atomic mass is 10.2. The van der Waals surface area contributed by atoms with Gasteiger partial charge in [-0.25, -0.2) is 4.39 Å². The second-order valence-corrected chi connectivity index (χ2v) is 3.68. The van der Waals surface area contributed by atoms with Gasteiger partial charge in [0.1, 0.15) is 5.75 Å². The van der Waals surface area contributed by atoms with Gasteiger partial charge in [0.2, 0.25) is 0 Å². The number of hydrogen-bond donors (Lipinski definition) is 0. The van der Waals surface area contributed by atoms with Gasteiger partial charge in [0.25, 0.3) is 0 Å². The summed E-state index contributed by atoms with van der Waals surface area (Å²) >= 11 is 0. The summed E-state index contributed by atoms with van der Waals surface area (Å²) in [4.78, 5) is 0. The van der Waals surface area contributed by atoms with Crippen molar-refractivity contribution in [1.82, 2.24) is 0 Å². The molecule has 2 aromatic rings. The molecule has 0 atom stereocenters. The van der Waals surface area contributed by atoms with Gasteiger partial charge in [-0.3, -0.25) is 0 Å². The van der Waals surface area contributed by atoms with Crippen LogP contribution in [0.2, 0.25) is 0 Å². The highest BCUT2D eigenvalue weighted by atomic mass is 19.1. The number of nitrogens with zero attached hydrogens (tertiary/aromatic N) is 1. The van der Waals surface area contributed by atoms with Crippen molar-refractivity contribution in [2.24, 2.45) is 0 Å². The Kier molecular flexibility index (Phi) is 3.06. The van der Waals surface area contributed by atoms with Crippen LogP contribution in [-0.4, -0.2) is 0 Å². The summed E-state index contributed by atoms with van der Waals surface area (Å²) in [5.41, 5.74) is 1.32. The predicted octanol–water partition coefficient (Wildman–Crippen LogP) is 3.80. The predicted molar refractivity (Wildman–Crippen MR) is 62.4 cm³/mol. The molecule has 0 heterocycles. The van der Waals surface area contributed by atoms with E-state index in [4.69, 9.17) is 10.00 Å². The van der Waals surface area contributed by atoms with E-state index in [1.54, 1.807) is 6.07 Å². The number of ether oxygens (including phenoxy) is 1. The molecule has 0 spiro atoms. The molecular formula is C14H10FNO. The van der Waals surface area contributed by atoms with Crippen LogP contribution in [0.1, 0.15) is 11.1 Å². The van der Waals surface area contributed by atoms with Crippen LogP contribution in [-0.2, 0) is 0 Å². The number of aryl methyl sites for hydroxylation is 1. The summed E-state index contributed by atoms with van der Waals surface area (Å²) in [5.74, 6) is 0.161. The minimum atomic E-state index is -0.537. The molecule has 0 N–H and O–H groups in total. The van der Waals surface area contributed by atoms with Gasteiger partial charge < -0.3 is 4.74 Å². The first-order valence-electron chi connectivity index (χ1n) is 5.13. The lowest BCUT2D eigenvalue weighted by molar-refractivity contribution is 0.442. The largest absolute Gasteiger partial charge is 0.454 e. The van der Waals surface area contributed by atoms with Crippen molar-refractivity contribution in [3.63, 3.8) is 0 Å². The third-order valence-corrected chi connectivity index (χ3v) is 2.28. The Labute approximate surface area is 98.9 Å². The van der Waals surface area contributed by atoms with E-state index in [1.165, 1.54) is 12.1 Å². The van der Waals surface area contributed by atoms with Gasteiger partial charge in [-0.05, 0) is 42.8 Å². The van der Waals surface area contributed by atoms with Gasteiger partial charge in [0.05, 0.1) is 11.6 Å². The standard InChI is InChI=1S/C14H10FNO/c1-10-3-2-4-12(7-10)17-14-6-5-11(9-16)8-13(14)15/h2-8H,1H3. The van der Waals surface area contributed by atoms with Gasteiger partial charge in [-0.15, -0.1) is 0 Å². The second-order valence-electron chi connectivity index (χ2n) is 3.68. The van der Waals surface area contributed by atoms with Crippen LogP contribution in [0.5, 0.6) is 11.5 Å². The quantitative estimate of drug-likeness (QED) is 0.781. The lowest BCUT2D eigenvalue weighted by Gasteiger charge is -2.07. The fourth-order valence-corrected chi connectivity index (χ4v) is 1.46. The molecular weight excluding hydrogens is 217 g/mol. The van der Waals surface area contributed by atoms with Crippen molar-refractivity contribution >= 4 is 0 Å². The minimum absolute atomic E-state index is 0.120. The maximum absolute atomic E-state index is 13.5. The third kappa shape index (κ3) is 2.61. The zero-order valence-corrected chi connectivity index (χ0v) is 9.27. The van der Waals surface area contributed by atoms with Crippen molar-refractivity contribution in [3.8, 4) is 17.6 Å². The van der Waals surface area contributed by atoms with Gasteiger partial charge in [-0.1, -0.05) is 12.1 Å². The van der Waals surface area contributed by atoms with E-state index in [2.05, 4.69) is 0 Å². The number of nitriles is 1. The summed E-state index contributed by atoms with van der Waals surface area (Å²) < 4.78 is 19.0. The minimum Gasteiger partial charge on any atom is -0.454 e. The van der Waals surface area contributed by atoms with E-state index >= 15 is 0 Å². The fourth-order valence-electron chi connectivity index (χ4n) is 1.46. The monoisotopic (exact) mass is 227 g/mol. The average Bonchev–Trinajstić information content (AvgIpc) is 2.32. The number of rotatable bonds is 2. The van der Waals surface area contributed by atoms with Crippen LogP contribution in [0.3, 0.4) is 0 Å². The van der Waals surface area contributed by atoms with Crippen molar-refractivity contribution < 1.29 is 9.13 Å². The van der Waals surface area contributed by atoms with Crippen LogP contribution in [0.15, 0.2) is 42.5 Å². The third-order valence-electron chi connectivity index (χ3n) is 2.28. The van der Waals surface area contributed by atoms with E-state index < -0.39 is 5.82 Å². The maximum Gasteiger partial charge on any atom is 0.167 e. The van der Waals surface area contributed by atoms with E-state index in [9.17, 15) is 4.39 Å². The van der Waals surface area contributed by atoms with Crippen molar-refractivity contribution in [1.29, 1.82) is 5.26 Å². The number of halogens is 1.